The number of carbonyl (C=O) groups is 1. The largest absolute Gasteiger partial charge is 0.354 e. The molecule has 31 heavy (non-hydrogen) atoms. The van der Waals surface area contributed by atoms with E-state index in [4.69, 9.17) is 11.6 Å². The van der Waals surface area contributed by atoms with E-state index in [0.717, 1.165) is 36.2 Å². The molecule has 2 aromatic carbocycles. The molecule has 0 spiro atoms. The van der Waals surface area contributed by atoms with Gasteiger partial charge in [0, 0.05) is 29.9 Å². The van der Waals surface area contributed by atoms with Gasteiger partial charge < -0.3 is 10.2 Å². The smallest absolute Gasteiger partial charge is 0.271 e. The molecule has 1 aliphatic heterocycles. The number of hydrogen-bond donors (Lipinski definition) is 1. The lowest BCUT2D eigenvalue weighted by Gasteiger charge is -2.33. The van der Waals surface area contributed by atoms with Crippen molar-refractivity contribution in [2.45, 2.75) is 26.7 Å². The summed E-state index contributed by atoms with van der Waals surface area (Å²) in [5.41, 5.74) is 3.21. The van der Waals surface area contributed by atoms with E-state index in [0.29, 0.717) is 23.1 Å². The van der Waals surface area contributed by atoms with Crippen molar-refractivity contribution < 1.29 is 4.79 Å². The van der Waals surface area contributed by atoms with Crippen LogP contribution in [0.3, 0.4) is 0 Å². The van der Waals surface area contributed by atoms with Crippen LogP contribution in [0.4, 0.5) is 11.5 Å². The van der Waals surface area contributed by atoms with E-state index in [1.165, 1.54) is 10.7 Å². The number of nitrogens with zero attached hydrogens (tertiary/aromatic N) is 3. The summed E-state index contributed by atoms with van der Waals surface area (Å²) in [6.07, 6.45) is 1.70. The molecular formula is C24H25ClN4O2. The number of rotatable bonds is 4. The van der Waals surface area contributed by atoms with Gasteiger partial charge in [-0.15, -0.1) is 5.10 Å². The fourth-order valence-electron chi connectivity index (χ4n) is 3.82. The first kappa shape index (κ1) is 21.1. The Kier molecular flexibility index (Phi) is 6.09. The normalized spacial score (nSPS) is 16.2. The van der Waals surface area contributed by atoms with Crippen LogP contribution in [0.5, 0.6) is 0 Å². The summed E-state index contributed by atoms with van der Waals surface area (Å²) in [7, 11) is 0. The number of halogens is 1. The Balaban J connectivity index is 1.54. The molecule has 0 bridgehead atoms. The predicted octanol–water partition coefficient (Wildman–Crippen LogP) is 4.36. The topological polar surface area (TPSA) is 67.2 Å². The standard InChI is InChI=1S/C24H25ClN4O2/c1-16-9-10-19(14-20(16)25)29-23(30)12-11-22(27-29)28-13-5-7-18(15-28)24(31)26-21-8-4-3-6-17(21)2/h3-4,6,8-12,14,18H,5,7,13,15H2,1-2H3,(H,26,31). The lowest BCUT2D eigenvalue weighted by molar-refractivity contribution is -0.120. The Morgan fingerprint density at radius 1 is 1.10 bits per heavy atom. The van der Waals surface area contributed by atoms with Gasteiger partial charge in [0.05, 0.1) is 11.6 Å². The van der Waals surface area contributed by atoms with E-state index < -0.39 is 0 Å². The Morgan fingerprint density at radius 2 is 1.90 bits per heavy atom. The van der Waals surface area contributed by atoms with Gasteiger partial charge in [-0.3, -0.25) is 9.59 Å². The second kappa shape index (κ2) is 8.94. The summed E-state index contributed by atoms with van der Waals surface area (Å²) >= 11 is 6.24. The van der Waals surface area contributed by atoms with E-state index in [9.17, 15) is 9.59 Å². The number of aryl methyl sites for hydroxylation is 2. The van der Waals surface area contributed by atoms with Crippen LogP contribution in [0.2, 0.25) is 5.02 Å². The minimum atomic E-state index is -0.227. The van der Waals surface area contributed by atoms with Gasteiger partial charge in [-0.1, -0.05) is 35.9 Å². The van der Waals surface area contributed by atoms with E-state index in [-0.39, 0.29) is 17.4 Å². The summed E-state index contributed by atoms with van der Waals surface area (Å²) in [4.78, 5) is 27.4. The highest BCUT2D eigenvalue weighted by Crippen LogP contribution is 2.24. The highest BCUT2D eigenvalue weighted by atomic mass is 35.5. The number of nitrogens with one attached hydrogen (secondary N) is 1. The highest BCUT2D eigenvalue weighted by molar-refractivity contribution is 6.31. The van der Waals surface area contributed by atoms with E-state index >= 15 is 0 Å². The Hall–Kier alpha value is -3.12. The molecular weight excluding hydrogens is 412 g/mol. The molecule has 1 fully saturated rings. The lowest BCUT2D eigenvalue weighted by Crippen LogP contribution is -2.41. The third-order valence-electron chi connectivity index (χ3n) is 5.71. The van der Waals surface area contributed by atoms with Crippen molar-refractivity contribution in [1.29, 1.82) is 0 Å². The minimum absolute atomic E-state index is 0.0117. The zero-order valence-electron chi connectivity index (χ0n) is 17.6. The van der Waals surface area contributed by atoms with Crippen LogP contribution in [0.25, 0.3) is 5.69 Å². The maximum atomic E-state index is 12.9. The van der Waals surface area contributed by atoms with Gasteiger partial charge in [-0.2, -0.15) is 4.68 Å². The van der Waals surface area contributed by atoms with Crippen molar-refractivity contribution in [2.24, 2.45) is 5.92 Å². The van der Waals surface area contributed by atoms with E-state index in [1.807, 2.05) is 50.2 Å². The number of benzene rings is 2. The van der Waals surface area contributed by atoms with Crippen molar-refractivity contribution in [2.75, 3.05) is 23.3 Å². The van der Waals surface area contributed by atoms with Crippen molar-refractivity contribution in [3.63, 3.8) is 0 Å². The second-order valence-corrected chi connectivity index (χ2v) is 8.37. The summed E-state index contributed by atoms with van der Waals surface area (Å²) in [5, 5.41) is 8.21. The Morgan fingerprint density at radius 3 is 2.68 bits per heavy atom. The quantitative estimate of drug-likeness (QED) is 0.660. The third-order valence-corrected chi connectivity index (χ3v) is 6.11. The van der Waals surface area contributed by atoms with E-state index in [2.05, 4.69) is 15.3 Å². The van der Waals surface area contributed by atoms with Crippen molar-refractivity contribution in [3.8, 4) is 5.69 Å². The van der Waals surface area contributed by atoms with Gasteiger partial charge in [0.2, 0.25) is 5.91 Å². The molecule has 1 amide bonds. The van der Waals surface area contributed by atoms with Crippen LogP contribution < -0.4 is 15.8 Å². The lowest BCUT2D eigenvalue weighted by atomic mass is 9.97. The van der Waals surface area contributed by atoms with Crippen LogP contribution in [-0.2, 0) is 4.79 Å². The number of amides is 1. The maximum absolute atomic E-state index is 12.9. The van der Waals surface area contributed by atoms with Crippen LogP contribution >= 0.6 is 11.6 Å². The van der Waals surface area contributed by atoms with Crippen molar-refractivity contribution in [3.05, 3.63) is 81.1 Å². The molecule has 1 saturated heterocycles. The van der Waals surface area contributed by atoms with Crippen LogP contribution in [0.1, 0.15) is 24.0 Å². The number of aromatic nitrogens is 2. The molecule has 1 atom stereocenters. The fraction of sp³-hybridized carbons (Fsp3) is 0.292. The molecule has 7 heteroatoms. The van der Waals surface area contributed by atoms with Crippen LogP contribution in [-0.4, -0.2) is 28.8 Å². The van der Waals surface area contributed by atoms with E-state index in [1.54, 1.807) is 12.1 Å². The number of anilines is 2. The third kappa shape index (κ3) is 4.64. The summed E-state index contributed by atoms with van der Waals surface area (Å²) < 4.78 is 1.36. The summed E-state index contributed by atoms with van der Waals surface area (Å²) in [6, 6.07) is 16.4. The number of para-hydroxylation sites is 1. The summed E-state index contributed by atoms with van der Waals surface area (Å²) in [6.45, 7) is 5.23. The first-order valence-electron chi connectivity index (χ1n) is 10.4. The SMILES string of the molecule is Cc1ccc(-n2nc(N3CCCC(C(=O)Nc4ccccc4C)C3)ccc2=O)cc1Cl. The molecule has 3 aromatic rings. The highest BCUT2D eigenvalue weighted by Gasteiger charge is 2.27. The van der Waals surface area contributed by atoms with Gasteiger partial charge in [0.25, 0.3) is 5.56 Å². The molecule has 2 heterocycles. The number of piperidine rings is 1. The molecule has 160 valence electrons. The monoisotopic (exact) mass is 436 g/mol. The van der Waals surface area contributed by atoms with Crippen LogP contribution in [0, 0.1) is 19.8 Å². The molecule has 0 saturated carbocycles. The van der Waals surface area contributed by atoms with Crippen molar-refractivity contribution in [1.82, 2.24) is 9.78 Å². The molecule has 4 rings (SSSR count). The molecule has 0 aliphatic carbocycles. The predicted molar refractivity (Wildman–Crippen MR) is 124 cm³/mol. The molecule has 1 unspecified atom stereocenters. The Labute approximate surface area is 186 Å². The first-order valence-corrected chi connectivity index (χ1v) is 10.8. The molecule has 0 radical (unpaired) electrons. The van der Waals surface area contributed by atoms with Crippen molar-refractivity contribution >= 4 is 29.0 Å². The average Bonchev–Trinajstić information content (AvgIpc) is 2.78. The zero-order chi connectivity index (χ0) is 22.0. The number of hydrogen-bond acceptors (Lipinski definition) is 4. The molecule has 6 nitrogen and oxygen atoms in total. The summed E-state index contributed by atoms with van der Waals surface area (Å²) in [5.74, 6) is 0.534. The number of carbonyl (C=O) groups excluding carboxylic acids is 1. The zero-order valence-corrected chi connectivity index (χ0v) is 18.4. The van der Waals surface area contributed by atoms with Gasteiger partial charge in [0.1, 0.15) is 5.82 Å². The molecule has 1 aliphatic rings. The average molecular weight is 437 g/mol. The molecule has 1 N–H and O–H groups in total. The second-order valence-electron chi connectivity index (χ2n) is 7.96. The Bertz CT molecular complexity index is 1170. The fourth-order valence-corrected chi connectivity index (χ4v) is 3.99. The maximum Gasteiger partial charge on any atom is 0.271 e. The van der Waals surface area contributed by atoms with Crippen LogP contribution in [0.15, 0.2) is 59.4 Å². The first-order chi connectivity index (χ1) is 14.9. The minimum Gasteiger partial charge on any atom is -0.354 e. The van der Waals surface area contributed by atoms with Gasteiger partial charge >= 0.3 is 0 Å². The van der Waals surface area contributed by atoms with Gasteiger partial charge in [-0.05, 0) is 62.1 Å². The van der Waals surface area contributed by atoms with Gasteiger partial charge in [0.15, 0.2) is 0 Å². The molecule has 1 aromatic heterocycles. The van der Waals surface area contributed by atoms with Gasteiger partial charge in [-0.25, -0.2) is 0 Å².